The summed E-state index contributed by atoms with van der Waals surface area (Å²) in [6.45, 7) is 2.38. The molecule has 8 nitrogen and oxygen atoms in total. The van der Waals surface area contributed by atoms with Crippen LogP contribution in [0.2, 0.25) is 0 Å². The van der Waals surface area contributed by atoms with Crippen molar-refractivity contribution in [3.8, 4) is 0 Å². The number of anilines is 2. The lowest BCUT2D eigenvalue weighted by Gasteiger charge is -2.07. The Morgan fingerprint density at radius 2 is 2.28 bits per heavy atom. The van der Waals surface area contributed by atoms with Crippen LogP contribution in [0.5, 0.6) is 0 Å². The fourth-order valence-electron chi connectivity index (χ4n) is 1.30. The fourth-order valence-corrected chi connectivity index (χ4v) is 1.63. The first-order chi connectivity index (χ1) is 8.69. The summed E-state index contributed by atoms with van der Waals surface area (Å²) < 4.78 is 5.63. The molecule has 0 aliphatic heterocycles. The number of hydrazine groups is 1. The molecule has 0 aliphatic rings. The van der Waals surface area contributed by atoms with Gasteiger partial charge in [-0.15, -0.1) is 0 Å². The molecule has 2 aromatic heterocycles. The molecule has 0 aromatic carbocycles. The van der Waals surface area contributed by atoms with E-state index in [1.807, 2.05) is 0 Å². The molecule has 0 aliphatic carbocycles. The van der Waals surface area contributed by atoms with Crippen molar-refractivity contribution in [3.05, 3.63) is 22.4 Å². The number of hydrogen-bond acceptors (Lipinski definition) is 8. The van der Waals surface area contributed by atoms with Gasteiger partial charge in [0.25, 0.3) is 0 Å². The van der Waals surface area contributed by atoms with Crippen LogP contribution in [0.4, 0.5) is 11.8 Å². The number of rotatable bonds is 5. The van der Waals surface area contributed by atoms with E-state index in [-0.39, 0.29) is 0 Å². The monoisotopic (exact) mass is 313 g/mol. The first kappa shape index (κ1) is 12.7. The molecular formula is C9H12BrN7O. The summed E-state index contributed by atoms with van der Waals surface area (Å²) in [5.74, 6) is 7.45. The Bertz CT molecular complexity index is 529. The summed E-state index contributed by atoms with van der Waals surface area (Å²) in [6.07, 6.45) is 2.25. The second-order valence-electron chi connectivity index (χ2n) is 3.44. The third-order valence-corrected chi connectivity index (χ3v) is 2.66. The molecule has 0 spiro atoms. The van der Waals surface area contributed by atoms with Crippen LogP contribution in [-0.2, 0) is 6.42 Å². The van der Waals surface area contributed by atoms with Crippen molar-refractivity contribution >= 4 is 27.7 Å². The molecule has 0 atom stereocenters. The van der Waals surface area contributed by atoms with E-state index < -0.39 is 0 Å². The van der Waals surface area contributed by atoms with E-state index in [0.717, 1.165) is 4.47 Å². The summed E-state index contributed by atoms with van der Waals surface area (Å²) in [5, 5.41) is 6.93. The minimum absolute atomic E-state index is 0.344. The first-order valence-corrected chi connectivity index (χ1v) is 6.00. The molecule has 0 saturated heterocycles. The predicted molar refractivity (Wildman–Crippen MR) is 68.8 cm³/mol. The van der Waals surface area contributed by atoms with E-state index in [4.69, 9.17) is 10.4 Å². The lowest BCUT2D eigenvalue weighted by Crippen LogP contribution is -2.13. The smallest absolute Gasteiger partial charge is 0.239 e. The Hall–Kier alpha value is -1.74. The number of nitrogen functional groups attached to an aromatic ring is 1. The maximum Gasteiger partial charge on any atom is 0.239 e. The number of aromatic nitrogens is 4. The number of nitrogens with one attached hydrogen (secondary N) is 2. The molecule has 0 saturated carbocycles. The Morgan fingerprint density at radius 1 is 1.44 bits per heavy atom. The Balaban J connectivity index is 1.93. The lowest BCUT2D eigenvalue weighted by molar-refractivity contribution is 0.387. The molecule has 4 N–H and O–H groups in total. The van der Waals surface area contributed by atoms with Crippen molar-refractivity contribution < 1.29 is 4.52 Å². The molecular weight excluding hydrogens is 302 g/mol. The fraction of sp³-hybridized carbons (Fsp3) is 0.333. The zero-order chi connectivity index (χ0) is 13.0. The minimum atomic E-state index is 0.344. The Kier molecular flexibility index (Phi) is 4.05. The average molecular weight is 314 g/mol. The molecule has 0 fully saturated rings. The second kappa shape index (κ2) is 5.74. The van der Waals surface area contributed by atoms with Crippen LogP contribution >= 0.6 is 15.9 Å². The van der Waals surface area contributed by atoms with Gasteiger partial charge >= 0.3 is 0 Å². The summed E-state index contributed by atoms with van der Waals surface area (Å²) in [5.41, 5.74) is 2.38. The molecule has 2 aromatic rings. The van der Waals surface area contributed by atoms with Crippen LogP contribution in [-0.4, -0.2) is 26.7 Å². The van der Waals surface area contributed by atoms with Gasteiger partial charge in [-0.2, -0.15) is 9.97 Å². The van der Waals surface area contributed by atoms with Crippen LogP contribution in [0.25, 0.3) is 0 Å². The maximum atomic E-state index is 5.24. The molecule has 0 radical (unpaired) electrons. The van der Waals surface area contributed by atoms with Crippen molar-refractivity contribution in [1.29, 1.82) is 0 Å². The third kappa shape index (κ3) is 3.14. The van der Waals surface area contributed by atoms with E-state index in [0.29, 0.717) is 36.4 Å². The molecule has 18 heavy (non-hydrogen) atoms. The quantitative estimate of drug-likeness (QED) is 0.550. The number of halogens is 1. The SMILES string of the molecule is Cc1nc(CCNc2nc(NN)ncc2Br)no1. The van der Waals surface area contributed by atoms with Crippen molar-refractivity contribution in [2.75, 3.05) is 17.3 Å². The predicted octanol–water partition coefficient (Wildman–Crippen LogP) is 0.871. The molecule has 9 heteroatoms. The number of aryl methyl sites for hydroxylation is 1. The molecule has 0 unspecified atom stereocenters. The van der Waals surface area contributed by atoms with Crippen molar-refractivity contribution in [2.24, 2.45) is 5.84 Å². The average Bonchev–Trinajstić information content (AvgIpc) is 2.77. The lowest BCUT2D eigenvalue weighted by atomic mass is 10.4. The largest absolute Gasteiger partial charge is 0.369 e. The summed E-state index contributed by atoms with van der Waals surface area (Å²) >= 11 is 3.34. The number of hydrogen-bond donors (Lipinski definition) is 3. The van der Waals surface area contributed by atoms with E-state index in [2.05, 4.69) is 46.8 Å². The van der Waals surface area contributed by atoms with E-state index >= 15 is 0 Å². The number of nitrogens with two attached hydrogens (primary N) is 1. The highest BCUT2D eigenvalue weighted by Crippen LogP contribution is 2.19. The zero-order valence-electron chi connectivity index (χ0n) is 9.64. The van der Waals surface area contributed by atoms with Gasteiger partial charge in [0.15, 0.2) is 5.82 Å². The van der Waals surface area contributed by atoms with Crippen molar-refractivity contribution in [3.63, 3.8) is 0 Å². The summed E-state index contributed by atoms with van der Waals surface area (Å²) in [4.78, 5) is 12.2. The van der Waals surface area contributed by atoms with Gasteiger partial charge in [0.05, 0.1) is 4.47 Å². The van der Waals surface area contributed by atoms with E-state index in [9.17, 15) is 0 Å². The van der Waals surface area contributed by atoms with Gasteiger partial charge in [-0.25, -0.2) is 10.8 Å². The van der Waals surface area contributed by atoms with Gasteiger partial charge in [-0.3, -0.25) is 5.43 Å². The highest BCUT2D eigenvalue weighted by Gasteiger charge is 2.05. The first-order valence-electron chi connectivity index (χ1n) is 5.21. The van der Waals surface area contributed by atoms with Crippen LogP contribution < -0.4 is 16.6 Å². The summed E-state index contributed by atoms with van der Waals surface area (Å²) in [7, 11) is 0. The van der Waals surface area contributed by atoms with Gasteiger partial charge in [-0.05, 0) is 15.9 Å². The van der Waals surface area contributed by atoms with Gasteiger partial charge in [0, 0.05) is 26.1 Å². The van der Waals surface area contributed by atoms with Crippen LogP contribution in [0.15, 0.2) is 15.2 Å². The normalized spacial score (nSPS) is 10.4. The molecule has 2 rings (SSSR count). The molecule has 0 amide bonds. The molecule has 96 valence electrons. The van der Waals surface area contributed by atoms with Gasteiger partial charge in [0.2, 0.25) is 11.8 Å². The van der Waals surface area contributed by atoms with Crippen LogP contribution in [0.3, 0.4) is 0 Å². The number of nitrogens with zero attached hydrogens (tertiary/aromatic N) is 4. The summed E-state index contributed by atoms with van der Waals surface area (Å²) in [6, 6.07) is 0. The van der Waals surface area contributed by atoms with E-state index in [1.54, 1.807) is 13.1 Å². The zero-order valence-corrected chi connectivity index (χ0v) is 11.2. The van der Waals surface area contributed by atoms with Crippen LogP contribution in [0.1, 0.15) is 11.7 Å². The molecule has 2 heterocycles. The van der Waals surface area contributed by atoms with Crippen molar-refractivity contribution in [1.82, 2.24) is 20.1 Å². The van der Waals surface area contributed by atoms with Gasteiger partial charge in [0.1, 0.15) is 5.82 Å². The van der Waals surface area contributed by atoms with E-state index in [1.165, 1.54) is 0 Å². The van der Waals surface area contributed by atoms with Gasteiger partial charge in [-0.1, -0.05) is 5.16 Å². The van der Waals surface area contributed by atoms with Gasteiger partial charge < -0.3 is 9.84 Å². The highest BCUT2D eigenvalue weighted by atomic mass is 79.9. The Morgan fingerprint density at radius 3 is 2.94 bits per heavy atom. The van der Waals surface area contributed by atoms with Crippen molar-refractivity contribution in [2.45, 2.75) is 13.3 Å². The topological polar surface area (TPSA) is 115 Å². The molecule has 0 bridgehead atoms. The van der Waals surface area contributed by atoms with Crippen LogP contribution in [0, 0.1) is 6.92 Å². The Labute approximate surface area is 111 Å². The highest BCUT2D eigenvalue weighted by molar-refractivity contribution is 9.10. The third-order valence-electron chi connectivity index (χ3n) is 2.08. The minimum Gasteiger partial charge on any atom is -0.369 e. The maximum absolute atomic E-state index is 5.24. The standard InChI is InChI=1S/C9H12BrN7O/c1-5-14-7(17-18-5)2-3-12-8-6(10)4-13-9(15-8)16-11/h4H,2-3,11H2,1H3,(H2,12,13,15,16). The second-order valence-corrected chi connectivity index (χ2v) is 4.30.